The Balaban J connectivity index is 2.15. The third kappa shape index (κ3) is 1.43. The lowest BCUT2D eigenvalue weighted by molar-refractivity contribution is 0.174. The molecule has 2 N–H and O–H groups in total. The summed E-state index contributed by atoms with van der Waals surface area (Å²) in [5.74, 6) is 2.18. The Morgan fingerprint density at radius 3 is 2.76 bits per heavy atom. The molecule has 3 rings (SSSR count). The van der Waals surface area contributed by atoms with Crippen LogP contribution in [0, 0.1) is 6.92 Å². The molecule has 88 valence electrons. The van der Waals surface area contributed by atoms with E-state index in [0.717, 1.165) is 28.3 Å². The fraction of sp³-hybridized carbons (Fsp3) is 0.250. The number of fused-ring (bicyclic) bond motifs is 1. The first-order valence-electron chi connectivity index (χ1n) is 5.36. The number of rotatable bonds is 1. The fourth-order valence-corrected chi connectivity index (χ4v) is 2.08. The predicted octanol–water partition coefficient (Wildman–Crippen LogP) is 1.71. The van der Waals surface area contributed by atoms with E-state index in [1.54, 1.807) is 4.68 Å². The van der Waals surface area contributed by atoms with Gasteiger partial charge in [0.05, 0.1) is 5.69 Å². The highest BCUT2D eigenvalue weighted by atomic mass is 16.7. The molecule has 5 heteroatoms. The van der Waals surface area contributed by atoms with Crippen LogP contribution in [-0.4, -0.2) is 16.6 Å². The van der Waals surface area contributed by atoms with Crippen LogP contribution in [0.4, 0.5) is 5.82 Å². The second-order valence-corrected chi connectivity index (χ2v) is 4.04. The number of ether oxygens (including phenoxy) is 2. The fourth-order valence-electron chi connectivity index (χ4n) is 2.08. The second kappa shape index (κ2) is 3.41. The van der Waals surface area contributed by atoms with E-state index in [1.165, 1.54) is 0 Å². The molecule has 0 fully saturated rings. The number of hydrogen-bond acceptors (Lipinski definition) is 4. The van der Waals surface area contributed by atoms with Crippen molar-refractivity contribution in [2.24, 2.45) is 7.05 Å². The molecule has 0 bridgehead atoms. The molecule has 0 saturated carbocycles. The molecular weight excluding hydrogens is 218 g/mol. The Morgan fingerprint density at radius 1 is 1.29 bits per heavy atom. The zero-order chi connectivity index (χ0) is 12.0. The molecule has 0 spiro atoms. The van der Waals surface area contributed by atoms with Crippen LogP contribution in [0.5, 0.6) is 11.5 Å². The van der Waals surface area contributed by atoms with Crippen molar-refractivity contribution in [3.8, 4) is 22.6 Å². The van der Waals surface area contributed by atoms with Crippen molar-refractivity contribution in [1.29, 1.82) is 0 Å². The average molecular weight is 231 g/mol. The van der Waals surface area contributed by atoms with Gasteiger partial charge in [-0.2, -0.15) is 5.10 Å². The molecular formula is C12H13N3O2. The zero-order valence-corrected chi connectivity index (χ0v) is 9.73. The van der Waals surface area contributed by atoms with E-state index in [-0.39, 0.29) is 6.79 Å². The zero-order valence-electron chi connectivity index (χ0n) is 9.73. The lowest BCUT2D eigenvalue weighted by Crippen LogP contribution is -1.98. The molecule has 1 aliphatic heterocycles. The van der Waals surface area contributed by atoms with Crippen molar-refractivity contribution >= 4 is 5.82 Å². The average Bonchev–Trinajstić information content (AvgIpc) is 2.84. The van der Waals surface area contributed by atoms with E-state index in [0.29, 0.717) is 5.82 Å². The van der Waals surface area contributed by atoms with Crippen molar-refractivity contribution in [1.82, 2.24) is 9.78 Å². The highest BCUT2D eigenvalue weighted by Crippen LogP contribution is 2.38. The Labute approximate surface area is 98.8 Å². The van der Waals surface area contributed by atoms with Gasteiger partial charge in [0.15, 0.2) is 11.5 Å². The normalized spacial score (nSPS) is 13.1. The minimum absolute atomic E-state index is 0.278. The maximum absolute atomic E-state index is 6.01. The van der Waals surface area contributed by atoms with Crippen LogP contribution in [0.15, 0.2) is 18.2 Å². The Kier molecular flexibility index (Phi) is 2.01. The van der Waals surface area contributed by atoms with Crippen LogP contribution in [0.2, 0.25) is 0 Å². The van der Waals surface area contributed by atoms with Gasteiger partial charge in [0.2, 0.25) is 6.79 Å². The van der Waals surface area contributed by atoms with E-state index in [9.17, 15) is 0 Å². The van der Waals surface area contributed by atoms with Gasteiger partial charge in [-0.1, -0.05) is 6.07 Å². The van der Waals surface area contributed by atoms with Gasteiger partial charge < -0.3 is 15.2 Å². The Morgan fingerprint density at radius 2 is 2.06 bits per heavy atom. The van der Waals surface area contributed by atoms with Crippen LogP contribution in [-0.2, 0) is 7.05 Å². The van der Waals surface area contributed by atoms with Crippen molar-refractivity contribution in [2.75, 3.05) is 12.5 Å². The van der Waals surface area contributed by atoms with Gasteiger partial charge in [-0.05, 0) is 24.6 Å². The number of aryl methyl sites for hydroxylation is 2. The lowest BCUT2D eigenvalue weighted by atomic mass is 10.1. The van der Waals surface area contributed by atoms with Crippen LogP contribution in [0.25, 0.3) is 11.1 Å². The molecule has 2 heterocycles. The summed E-state index contributed by atoms with van der Waals surface area (Å²) in [6, 6.07) is 5.79. The number of nitrogen functional groups attached to an aromatic ring is 1. The standard InChI is InChI=1S/C12H13N3O2/c1-7-11(12(13)15(2)14-7)8-3-4-9-10(5-8)17-6-16-9/h3-5H,6,13H2,1-2H3. The van der Waals surface area contributed by atoms with Gasteiger partial charge in [-0.25, -0.2) is 0 Å². The number of nitrogens with two attached hydrogens (primary N) is 1. The van der Waals surface area contributed by atoms with Gasteiger partial charge in [0.1, 0.15) is 5.82 Å². The third-order valence-electron chi connectivity index (χ3n) is 2.93. The predicted molar refractivity (Wildman–Crippen MR) is 63.9 cm³/mol. The van der Waals surface area contributed by atoms with Crippen molar-refractivity contribution < 1.29 is 9.47 Å². The SMILES string of the molecule is Cc1nn(C)c(N)c1-c1ccc2c(c1)OCO2. The number of benzene rings is 1. The summed E-state index contributed by atoms with van der Waals surface area (Å²) >= 11 is 0. The molecule has 0 aliphatic carbocycles. The maximum atomic E-state index is 6.01. The smallest absolute Gasteiger partial charge is 0.231 e. The van der Waals surface area contributed by atoms with Crippen LogP contribution >= 0.6 is 0 Å². The van der Waals surface area contributed by atoms with Crippen molar-refractivity contribution in [2.45, 2.75) is 6.92 Å². The molecule has 1 aromatic carbocycles. The number of aromatic nitrogens is 2. The summed E-state index contributed by atoms with van der Waals surface area (Å²) in [5, 5.41) is 4.30. The Bertz CT molecular complexity index is 590. The van der Waals surface area contributed by atoms with E-state index in [4.69, 9.17) is 15.2 Å². The minimum atomic E-state index is 0.278. The summed E-state index contributed by atoms with van der Waals surface area (Å²) in [6.07, 6.45) is 0. The van der Waals surface area contributed by atoms with E-state index >= 15 is 0 Å². The van der Waals surface area contributed by atoms with Crippen LogP contribution in [0.3, 0.4) is 0 Å². The molecule has 0 amide bonds. The van der Waals surface area contributed by atoms with Gasteiger partial charge >= 0.3 is 0 Å². The molecule has 1 aromatic heterocycles. The topological polar surface area (TPSA) is 62.3 Å². The van der Waals surface area contributed by atoms with Crippen LogP contribution in [0.1, 0.15) is 5.69 Å². The first-order chi connectivity index (χ1) is 8.16. The quantitative estimate of drug-likeness (QED) is 0.811. The highest BCUT2D eigenvalue weighted by molar-refractivity contribution is 5.78. The molecule has 0 saturated heterocycles. The summed E-state index contributed by atoms with van der Waals surface area (Å²) < 4.78 is 12.3. The largest absolute Gasteiger partial charge is 0.454 e. The molecule has 17 heavy (non-hydrogen) atoms. The van der Waals surface area contributed by atoms with Gasteiger partial charge in [-0.15, -0.1) is 0 Å². The molecule has 1 aliphatic rings. The minimum Gasteiger partial charge on any atom is -0.454 e. The number of anilines is 1. The molecule has 0 atom stereocenters. The second-order valence-electron chi connectivity index (χ2n) is 4.04. The maximum Gasteiger partial charge on any atom is 0.231 e. The van der Waals surface area contributed by atoms with Crippen molar-refractivity contribution in [3.63, 3.8) is 0 Å². The monoisotopic (exact) mass is 231 g/mol. The third-order valence-corrected chi connectivity index (χ3v) is 2.93. The molecule has 5 nitrogen and oxygen atoms in total. The van der Waals surface area contributed by atoms with Gasteiger partial charge in [0, 0.05) is 12.6 Å². The summed E-state index contributed by atoms with van der Waals surface area (Å²) in [4.78, 5) is 0. The number of hydrogen-bond donors (Lipinski definition) is 1. The van der Waals surface area contributed by atoms with E-state index in [1.807, 2.05) is 32.2 Å². The summed E-state index contributed by atoms with van der Waals surface area (Å²) in [7, 11) is 1.83. The summed E-state index contributed by atoms with van der Waals surface area (Å²) in [5.41, 5.74) is 8.86. The summed E-state index contributed by atoms with van der Waals surface area (Å²) in [6.45, 7) is 2.22. The van der Waals surface area contributed by atoms with Crippen LogP contribution < -0.4 is 15.2 Å². The Hall–Kier alpha value is -2.17. The lowest BCUT2D eigenvalue weighted by Gasteiger charge is -2.03. The van der Waals surface area contributed by atoms with E-state index in [2.05, 4.69) is 5.10 Å². The molecule has 0 unspecified atom stereocenters. The van der Waals surface area contributed by atoms with E-state index < -0.39 is 0 Å². The van der Waals surface area contributed by atoms with Gasteiger partial charge in [0.25, 0.3) is 0 Å². The van der Waals surface area contributed by atoms with Crippen molar-refractivity contribution in [3.05, 3.63) is 23.9 Å². The highest BCUT2D eigenvalue weighted by Gasteiger charge is 2.17. The first kappa shape index (κ1) is 10.0. The molecule has 2 aromatic rings. The van der Waals surface area contributed by atoms with Gasteiger partial charge in [-0.3, -0.25) is 4.68 Å². The first-order valence-corrected chi connectivity index (χ1v) is 5.36. The number of nitrogens with zero attached hydrogens (tertiary/aromatic N) is 2. The molecule has 0 radical (unpaired) electrons.